The van der Waals surface area contributed by atoms with Crippen molar-refractivity contribution in [2.24, 2.45) is 0 Å². The summed E-state index contributed by atoms with van der Waals surface area (Å²) < 4.78 is 1.01. The van der Waals surface area contributed by atoms with Crippen molar-refractivity contribution < 1.29 is 14.5 Å². The number of carbonyl (C=O) groups excluding carboxylic acids is 2. The minimum atomic E-state index is -0.852. The van der Waals surface area contributed by atoms with Gasteiger partial charge in [-0.05, 0) is 19.9 Å². The molecule has 9 nitrogen and oxygen atoms in total. The number of pyridine rings is 1. The summed E-state index contributed by atoms with van der Waals surface area (Å²) in [5, 5.41) is 13.5. The Bertz CT molecular complexity index is 899. The molecule has 24 heavy (non-hydrogen) atoms. The van der Waals surface area contributed by atoms with Gasteiger partial charge in [-0.2, -0.15) is 0 Å². The topological polar surface area (TPSA) is 124 Å². The maximum atomic E-state index is 12.1. The van der Waals surface area contributed by atoms with E-state index in [4.69, 9.17) is 0 Å². The fourth-order valence-corrected chi connectivity index (χ4v) is 2.95. The van der Waals surface area contributed by atoms with Gasteiger partial charge in [-0.25, -0.2) is 4.98 Å². The van der Waals surface area contributed by atoms with Gasteiger partial charge in [0.1, 0.15) is 6.54 Å². The average Bonchev–Trinajstić information content (AvgIpc) is 2.83. The molecule has 1 amide bonds. The van der Waals surface area contributed by atoms with Gasteiger partial charge >= 0.3 is 11.2 Å². The normalized spacial score (nSPS) is 10.5. The summed E-state index contributed by atoms with van der Waals surface area (Å²) in [7, 11) is 0. The molecule has 0 radical (unpaired) electrons. The molecular weight excluding hydrogens is 336 g/mol. The minimum Gasteiger partial charge on any atom is -0.300 e. The Kier molecular flexibility index (Phi) is 4.88. The average molecular weight is 350 g/mol. The smallest absolute Gasteiger partial charge is 0.300 e. The minimum absolute atomic E-state index is 0.156. The number of thiazole rings is 1. The van der Waals surface area contributed by atoms with Crippen LogP contribution in [0.4, 0.5) is 10.8 Å². The summed E-state index contributed by atoms with van der Waals surface area (Å²) in [5.41, 5.74) is -0.528. The van der Waals surface area contributed by atoms with Gasteiger partial charge < -0.3 is 5.32 Å². The zero-order chi connectivity index (χ0) is 18.0. The van der Waals surface area contributed by atoms with Crippen molar-refractivity contribution in [1.29, 1.82) is 0 Å². The van der Waals surface area contributed by atoms with E-state index in [0.717, 1.165) is 22.0 Å². The lowest BCUT2D eigenvalue weighted by atomic mass is 10.3. The highest BCUT2D eigenvalue weighted by Crippen LogP contribution is 2.22. The van der Waals surface area contributed by atoms with Crippen LogP contribution in [0.3, 0.4) is 0 Å². The van der Waals surface area contributed by atoms with Crippen LogP contribution >= 0.6 is 11.3 Å². The van der Waals surface area contributed by atoms with Gasteiger partial charge in [0.05, 0.1) is 15.5 Å². The van der Waals surface area contributed by atoms with E-state index >= 15 is 0 Å². The fraction of sp³-hybridized carbons (Fsp3) is 0.286. The number of nitrogens with zero attached hydrogens (tertiary/aromatic N) is 3. The lowest BCUT2D eigenvalue weighted by Gasteiger charge is -2.08. The van der Waals surface area contributed by atoms with E-state index in [1.165, 1.54) is 13.0 Å². The molecule has 0 saturated carbocycles. The lowest BCUT2D eigenvalue weighted by Crippen LogP contribution is -2.30. The highest BCUT2D eigenvalue weighted by atomic mass is 32.1. The molecule has 126 valence electrons. The molecule has 0 bridgehead atoms. The molecule has 0 spiro atoms. The third-order valence-electron chi connectivity index (χ3n) is 3.23. The molecule has 0 aromatic carbocycles. The molecule has 1 N–H and O–H groups in total. The fourth-order valence-electron chi connectivity index (χ4n) is 2.07. The maximum Gasteiger partial charge on any atom is 0.334 e. The monoisotopic (exact) mass is 350 g/mol. The number of nitrogens with one attached hydrogen (secondary N) is 1. The highest BCUT2D eigenvalue weighted by molar-refractivity contribution is 7.17. The second-order valence-electron chi connectivity index (χ2n) is 5.05. The lowest BCUT2D eigenvalue weighted by molar-refractivity contribution is -0.386. The van der Waals surface area contributed by atoms with Crippen molar-refractivity contribution in [3.05, 3.63) is 48.9 Å². The Balaban J connectivity index is 2.23. The van der Waals surface area contributed by atoms with Gasteiger partial charge in [0, 0.05) is 18.7 Å². The first-order chi connectivity index (χ1) is 11.2. The molecule has 0 atom stereocenters. The predicted molar refractivity (Wildman–Crippen MR) is 87.6 cm³/mol. The van der Waals surface area contributed by atoms with Crippen LogP contribution in [0.5, 0.6) is 0 Å². The summed E-state index contributed by atoms with van der Waals surface area (Å²) >= 11 is 1.03. The van der Waals surface area contributed by atoms with E-state index < -0.39 is 22.1 Å². The molecule has 0 aliphatic carbocycles. The molecule has 2 heterocycles. The van der Waals surface area contributed by atoms with Gasteiger partial charge in [-0.15, -0.1) is 0 Å². The Labute approximate surface area is 140 Å². The second kappa shape index (κ2) is 6.71. The largest absolute Gasteiger partial charge is 0.334 e. The number of hydrogen-bond donors (Lipinski definition) is 1. The number of amides is 1. The van der Waals surface area contributed by atoms with Gasteiger partial charge in [0.2, 0.25) is 5.91 Å². The Hall–Kier alpha value is -2.88. The van der Waals surface area contributed by atoms with E-state index in [1.807, 2.05) is 0 Å². The number of aromatic nitrogens is 2. The number of anilines is 1. The van der Waals surface area contributed by atoms with Crippen molar-refractivity contribution >= 4 is 33.8 Å². The zero-order valence-corrected chi connectivity index (χ0v) is 14.0. The molecule has 0 unspecified atom stereocenters. The molecular formula is C14H14N4O5S. The van der Waals surface area contributed by atoms with Crippen LogP contribution in [0.15, 0.2) is 16.9 Å². The number of Topliss-reactive ketones (excluding diaryl/α,β-unsaturated/α-hetero) is 1. The van der Waals surface area contributed by atoms with E-state index in [0.29, 0.717) is 16.3 Å². The Morgan fingerprint density at radius 2 is 2.04 bits per heavy atom. The Morgan fingerprint density at radius 3 is 2.58 bits per heavy atom. The quantitative estimate of drug-likeness (QED) is 0.497. The summed E-state index contributed by atoms with van der Waals surface area (Å²) in [6.07, 6.45) is 0. The van der Waals surface area contributed by atoms with Crippen molar-refractivity contribution in [1.82, 2.24) is 9.55 Å². The Morgan fingerprint density at radius 1 is 1.38 bits per heavy atom. The number of ketones is 1. The SMILES string of the molecule is CC(=O)c1sc(NC(=O)Cn2c(C)ccc([N+](=O)[O-])c2=O)nc1C. The van der Waals surface area contributed by atoms with E-state index in [1.54, 1.807) is 13.8 Å². The van der Waals surface area contributed by atoms with Crippen LogP contribution in [0, 0.1) is 24.0 Å². The molecule has 0 saturated heterocycles. The number of aryl methyl sites for hydroxylation is 2. The summed E-state index contributed by atoms with van der Waals surface area (Å²) in [6.45, 7) is 4.23. The third kappa shape index (κ3) is 3.54. The molecule has 0 aliphatic heterocycles. The first-order valence-corrected chi connectivity index (χ1v) is 7.65. The number of hydrogen-bond acceptors (Lipinski definition) is 7. The summed E-state index contributed by atoms with van der Waals surface area (Å²) in [6, 6.07) is 2.50. The van der Waals surface area contributed by atoms with Crippen LogP contribution < -0.4 is 10.9 Å². The van der Waals surface area contributed by atoms with Crippen molar-refractivity contribution in [2.75, 3.05) is 5.32 Å². The number of nitro groups is 1. The number of carbonyl (C=O) groups is 2. The van der Waals surface area contributed by atoms with Gasteiger partial charge in [0.25, 0.3) is 0 Å². The van der Waals surface area contributed by atoms with Gasteiger partial charge in [-0.1, -0.05) is 11.3 Å². The maximum absolute atomic E-state index is 12.1. The van der Waals surface area contributed by atoms with Crippen LogP contribution in [-0.2, 0) is 11.3 Å². The number of rotatable bonds is 5. The zero-order valence-electron chi connectivity index (χ0n) is 13.2. The second-order valence-corrected chi connectivity index (χ2v) is 6.05. The van der Waals surface area contributed by atoms with Crippen molar-refractivity contribution in [3.8, 4) is 0 Å². The van der Waals surface area contributed by atoms with E-state index in [2.05, 4.69) is 10.3 Å². The van der Waals surface area contributed by atoms with Crippen LogP contribution in [0.1, 0.15) is 28.0 Å². The standard InChI is InChI=1S/C14H14N4O5S/c1-7-4-5-10(18(22)23)13(21)17(7)6-11(20)16-14-15-8(2)12(24-14)9(3)19/h4-5H,6H2,1-3H3,(H,15,16,20). The first kappa shape index (κ1) is 17.5. The van der Waals surface area contributed by atoms with Crippen LogP contribution in [0.2, 0.25) is 0 Å². The van der Waals surface area contributed by atoms with Gasteiger partial charge in [-0.3, -0.25) is 29.1 Å². The van der Waals surface area contributed by atoms with Crippen molar-refractivity contribution in [2.45, 2.75) is 27.3 Å². The van der Waals surface area contributed by atoms with E-state index in [9.17, 15) is 24.5 Å². The van der Waals surface area contributed by atoms with Crippen molar-refractivity contribution in [3.63, 3.8) is 0 Å². The van der Waals surface area contributed by atoms with Crippen LogP contribution in [0.25, 0.3) is 0 Å². The third-order valence-corrected chi connectivity index (χ3v) is 4.41. The van der Waals surface area contributed by atoms with Gasteiger partial charge in [0.15, 0.2) is 10.9 Å². The molecule has 2 aromatic rings. The molecule has 0 aliphatic rings. The van der Waals surface area contributed by atoms with E-state index in [-0.39, 0.29) is 17.5 Å². The summed E-state index contributed by atoms with van der Waals surface area (Å²) in [5.74, 6) is -0.721. The highest BCUT2D eigenvalue weighted by Gasteiger charge is 2.18. The van der Waals surface area contributed by atoms with Crippen LogP contribution in [-0.4, -0.2) is 26.2 Å². The first-order valence-electron chi connectivity index (χ1n) is 6.83. The molecule has 0 fully saturated rings. The molecule has 2 rings (SSSR count). The predicted octanol–water partition coefficient (Wildman–Crippen LogP) is 1.67. The summed E-state index contributed by atoms with van der Waals surface area (Å²) in [4.78, 5) is 50.1. The molecule has 2 aromatic heterocycles. The molecule has 10 heteroatoms.